The first-order valence-corrected chi connectivity index (χ1v) is 9.40. The molecule has 1 heterocycles. The van der Waals surface area contributed by atoms with Crippen LogP contribution in [0.1, 0.15) is 16.1 Å². The lowest BCUT2D eigenvalue weighted by Gasteiger charge is -2.06. The minimum atomic E-state index is -0.237. The van der Waals surface area contributed by atoms with Gasteiger partial charge in [0.15, 0.2) is 0 Å². The van der Waals surface area contributed by atoms with E-state index in [9.17, 15) is 4.79 Å². The number of nitrogens with one attached hydrogen (secondary N) is 2. The van der Waals surface area contributed by atoms with E-state index in [0.29, 0.717) is 17.9 Å². The molecule has 4 rings (SSSR count). The lowest BCUT2D eigenvalue weighted by Crippen LogP contribution is -2.12. The first-order chi connectivity index (χ1) is 14.2. The molecule has 4 N–H and O–H groups in total. The van der Waals surface area contributed by atoms with Crippen LogP contribution in [0.4, 0.5) is 5.69 Å². The summed E-state index contributed by atoms with van der Waals surface area (Å²) < 4.78 is 5.27. The molecule has 0 aliphatic carbocycles. The molecular formula is C23H24Cl2N4O2. The van der Waals surface area contributed by atoms with Gasteiger partial charge in [0, 0.05) is 11.3 Å². The standard InChI is InChI=1S/C23H22N4O2.2ClH/c1-29-20-8-7-16-12-18(6-5-17(16)13-20)21-14-22(27-26-21)23(28)25-19-4-2-3-15(11-19)9-10-24;;/h2-8,11-14H,9-10,24H2,1H3,(H,25,28)(H,26,27);2*1H. The number of ether oxygens (including phenoxy) is 1. The predicted octanol–water partition coefficient (Wildman–Crippen LogP) is 4.84. The van der Waals surface area contributed by atoms with Crippen molar-refractivity contribution >= 4 is 47.2 Å². The molecule has 0 spiro atoms. The Bertz CT molecular complexity index is 1180. The number of nitrogens with two attached hydrogens (primary N) is 1. The van der Waals surface area contributed by atoms with Crippen molar-refractivity contribution in [3.05, 3.63) is 78.0 Å². The molecule has 0 saturated heterocycles. The van der Waals surface area contributed by atoms with Crippen molar-refractivity contribution in [2.75, 3.05) is 19.0 Å². The molecule has 6 nitrogen and oxygen atoms in total. The van der Waals surface area contributed by atoms with Crippen LogP contribution in [0.5, 0.6) is 5.75 Å². The van der Waals surface area contributed by atoms with Crippen molar-refractivity contribution in [3.8, 4) is 17.0 Å². The van der Waals surface area contributed by atoms with E-state index >= 15 is 0 Å². The molecule has 8 heteroatoms. The van der Waals surface area contributed by atoms with Gasteiger partial charge >= 0.3 is 0 Å². The van der Waals surface area contributed by atoms with Gasteiger partial charge < -0.3 is 15.8 Å². The van der Waals surface area contributed by atoms with Crippen molar-refractivity contribution in [3.63, 3.8) is 0 Å². The Morgan fingerprint density at radius 2 is 1.81 bits per heavy atom. The van der Waals surface area contributed by atoms with Crippen molar-refractivity contribution in [2.24, 2.45) is 5.73 Å². The predicted molar refractivity (Wildman–Crippen MR) is 130 cm³/mol. The molecule has 0 fully saturated rings. The Morgan fingerprint density at radius 1 is 1.03 bits per heavy atom. The van der Waals surface area contributed by atoms with Crippen molar-refractivity contribution in [1.82, 2.24) is 10.2 Å². The highest BCUT2D eigenvalue weighted by Crippen LogP contribution is 2.26. The number of aromatic nitrogens is 2. The average Bonchev–Trinajstić information content (AvgIpc) is 3.24. The molecule has 31 heavy (non-hydrogen) atoms. The number of hydrogen-bond acceptors (Lipinski definition) is 4. The molecule has 0 saturated carbocycles. The number of benzene rings is 3. The molecule has 0 aliphatic rings. The van der Waals surface area contributed by atoms with Gasteiger partial charge in [-0.25, -0.2) is 0 Å². The molecule has 1 aromatic heterocycles. The van der Waals surface area contributed by atoms with Gasteiger partial charge in [-0.05, 0) is 65.7 Å². The summed E-state index contributed by atoms with van der Waals surface area (Å²) in [4.78, 5) is 12.6. The second-order valence-electron chi connectivity index (χ2n) is 6.79. The number of halogens is 2. The van der Waals surface area contributed by atoms with E-state index in [0.717, 1.165) is 39.8 Å². The van der Waals surface area contributed by atoms with Gasteiger partial charge in [0.25, 0.3) is 5.91 Å². The summed E-state index contributed by atoms with van der Waals surface area (Å²) in [6.07, 6.45) is 0.770. The number of amides is 1. The number of anilines is 1. The zero-order valence-electron chi connectivity index (χ0n) is 16.9. The minimum Gasteiger partial charge on any atom is -0.497 e. The first kappa shape index (κ1) is 24.2. The van der Waals surface area contributed by atoms with E-state index in [-0.39, 0.29) is 30.7 Å². The molecular weight excluding hydrogens is 435 g/mol. The maximum Gasteiger partial charge on any atom is 0.273 e. The lowest BCUT2D eigenvalue weighted by atomic mass is 10.0. The number of rotatable bonds is 6. The Labute approximate surface area is 193 Å². The Hall–Kier alpha value is -3.06. The second kappa shape index (κ2) is 10.8. The topological polar surface area (TPSA) is 93.0 Å². The van der Waals surface area contributed by atoms with Crippen LogP contribution in [0.25, 0.3) is 22.0 Å². The van der Waals surface area contributed by atoms with Gasteiger partial charge in [0.2, 0.25) is 0 Å². The van der Waals surface area contributed by atoms with Crippen molar-refractivity contribution < 1.29 is 9.53 Å². The summed E-state index contributed by atoms with van der Waals surface area (Å²) in [6.45, 7) is 0.569. The number of carbonyl (C=O) groups excluding carboxylic acids is 1. The Morgan fingerprint density at radius 3 is 2.58 bits per heavy atom. The highest BCUT2D eigenvalue weighted by atomic mass is 35.5. The van der Waals surface area contributed by atoms with Crippen LogP contribution in [0.3, 0.4) is 0 Å². The van der Waals surface area contributed by atoms with Gasteiger partial charge in [-0.3, -0.25) is 9.89 Å². The quantitative estimate of drug-likeness (QED) is 0.385. The SMILES string of the molecule is COc1ccc2cc(-c3cc(C(=O)Nc4cccc(CCN)c4)[nH]n3)ccc2c1.Cl.Cl. The molecule has 1 amide bonds. The van der Waals surface area contributed by atoms with Gasteiger partial charge in [0.05, 0.1) is 12.8 Å². The van der Waals surface area contributed by atoms with Gasteiger partial charge in [0.1, 0.15) is 11.4 Å². The van der Waals surface area contributed by atoms with Gasteiger partial charge in [-0.1, -0.05) is 30.3 Å². The first-order valence-electron chi connectivity index (χ1n) is 9.40. The van der Waals surface area contributed by atoms with Crippen molar-refractivity contribution in [1.29, 1.82) is 0 Å². The third-order valence-electron chi connectivity index (χ3n) is 4.78. The third-order valence-corrected chi connectivity index (χ3v) is 4.78. The molecule has 0 unspecified atom stereocenters. The van der Waals surface area contributed by atoms with Crippen LogP contribution in [0.15, 0.2) is 66.7 Å². The zero-order valence-corrected chi connectivity index (χ0v) is 18.6. The van der Waals surface area contributed by atoms with Crippen LogP contribution in [0, 0.1) is 0 Å². The molecule has 0 radical (unpaired) electrons. The molecule has 0 bridgehead atoms. The number of nitrogens with zero attached hydrogens (tertiary/aromatic N) is 1. The molecule has 4 aromatic rings. The third kappa shape index (κ3) is 5.55. The van der Waals surface area contributed by atoms with Crippen LogP contribution in [0.2, 0.25) is 0 Å². The summed E-state index contributed by atoms with van der Waals surface area (Å²) in [5.74, 6) is 0.582. The van der Waals surface area contributed by atoms with E-state index in [2.05, 4.69) is 15.5 Å². The average molecular weight is 459 g/mol. The smallest absolute Gasteiger partial charge is 0.273 e. The van der Waals surface area contributed by atoms with Crippen LogP contribution in [-0.4, -0.2) is 29.8 Å². The number of hydrogen-bond donors (Lipinski definition) is 3. The van der Waals surface area contributed by atoms with Gasteiger partial charge in [-0.15, -0.1) is 24.8 Å². The van der Waals surface area contributed by atoms with E-state index in [4.69, 9.17) is 10.5 Å². The largest absolute Gasteiger partial charge is 0.497 e. The maximum atomic E-state index is 12.6. The molecule has 3 aromatic carbocycles. The zero-order chi connectivity index (χ0) is 20.2. The number of H-pyrrole nitrogens is 1. The molecule has 162 valence electrons. The molecule has 0 atom stereocenters. The van der Waals surface area contributed by atoms with Crippen LogP contribution >= 0.6 is 24.8 Å². The maximum absolute atomic E-state index is 12.6. The highest BCUT2D eigenvalue weighted by Gasteiger charge is 2.12. The fourth-order valence-corrected chi connectivity index (χ4v) is 3.27. The summed E-state index contributed by atoms with van der Waals surface area (Å²) in [5, 5.41) is 12.2. The van der Waals surface area contributed by atoms with Crippen molar-refractivity contribution in [2.45, 2.75) is 6.42 Å². The van der Waals surface area contributed by atoms with E-state index in [1.54, 1.807) is 13.2 Å². The van der Waals surface area contributed by atoms with E-state index in [1.807, 2.05) is 60.7 Å². The minimum absolute atomic E-state index is 0. The highest BCUT2D eigenvalue weighted by molar-refractivity contribution is 6.03. The number of fused-ring (bicyclic) bond motifs is 1. The summed E-state index contributed by atoms with van der Waals surface area (Å²) in [7, 11) is 1.65. The second-order valence-corrected chi connectivity index (χ2v) is 6.79. The number of carbonyl (C=O) groups is 1. The summed E-state index contributed by atoms with van der Waals surface area (Å²) in [6, 6.07) is 21.4. The lowest BCUT2D eigenvalue weighted by molar-refractivity contribution is 0.102. The summed E-state index contributed by atoms with van der Waals surface area (Å²) in [5.41, 5.74) is 9.47. The Balaban J connectivity index is 0.00000171. The van der Waals surface area contributed by atoms with Crippen LogP contribution in [-0.2, 0) is 6.42 Å². The van der Waals surface area contributed by atoms with E-state index in [1.165, 1.54) is 0 Å². The fourth-order valence-electron chi connectivity index (χ4n) is 3.27. The molecule has 0 aliphatic heterocycles. The number of aromatic amines is 1. The van der Waals surface area contributed by atoms with Crippen LogP contribution < -0.4 is 15.8 Å². The Kier molecular flexibility index (Phi) is 8.45. The number of methoxy groups -OCH3 is 1. The van der Waals surface area contributed by atoms with E-state index < -0.39 is 0 Å². The summed E-state index contributed by atoms with van der Waals surface area (Å²) >= 11 is 0. The van der Waals surface area contributed by atoms with Gasteiger partial charge in [-0.2, -0.15) is 5.10 Å². The monoisotopic (exact) mass is 458 g/mol. The normalized spacial score (nSPS) is 10.1. The fraction of sp³-hybridized carbons (Fsp3) is 0.130.